The van der Waals surface area contributed by atoms with E-state index in [0.29, 0.717) is 28.5 Å². The maximum atomic E-state index is 12.5. The second-order valence-corrected chi connectivity index (χ2v) is 7.04. The van der Waals surface area contributed by atoms with Crippen molar-refractivity contribution in [2.75, 3.05) is 20.3 Å². The highest BCUT2D eigenvalue weighted by molar-refractivity contribution is 5.95. The number of nitrogens with zero attached hydrogens (tertiary/aromatic N) is 2. The molecular formula is C23H25N5O6. The number of esters is 1. The Labute approximate surface area is 196 Å². The average Bonchev–Trinajstić information content (AvgIpc) is 2.83. The normalized spacial score (nSPS) is 15.4. The Morgan fingerprint density at radius 2 is 2.06 bits per heavy atom. The van der Waals surface area contributed by atoms with Crippen LogP contribution in [-0.2, 0) is 14.3 Å². The van der Waals surface area contributed by atoms with E-state index in [-0.39, 0.29) is 18.8 Å². The highest BCUT2D eigenvalue weighted by Gasteiger charge is 2.32. The van der Waals surface area contributed by atoms with Crippen molar-refractivity contribution < 1.29 is 28.6 Å². The lowest BCUT2D eigenvalue weighted by Gasteiger charge is -2.28. The summed E-state index contributed by atoms with van der Waals surface area (Å²) >= 11 is 0. The third kappa shape index (κ3) is 6.09. The zero-order valence-electron chi connectivity index (χ0n) is 19.0. The Hall–Kier alpha value is -4.41. The highest BCUT2D eigenvalue weighted by atomic mass is 16.5. The monoisotopic (exact) mass is 467 g/mol. The second kappa shape index (κ2) is 11.5. The van der Waals surface area contributed by atoms with Crippen LogP contribution in [0.25, 0.3) is 0 Å². The van der Waals surface area contributed by atoms with E-state index < -0.39 is 23.9 Å². The molecule has 178 valence electrons. The molecule has 0 saturated carbocycles. The Morgan fingerprint density at radius 1 is 1.24 bits per heavy atom. The van der Waals surface area contributed by atoms with Crippen LogP contribution in [-0.4, -0.2) is 49.4 Å². The highest BCUT2D eigenvalue weighted by Crippen LogP contribution is 2.34. The van der Waals surface area contributed by atoms with Gasteiger partial charge in [0, 0.05) is 11.9 Å². The molecule has 1 aliphatic heterocycles. The van der Waals surface area contributed by atoms with Crippen LogP contribution >= 0.6 is 0 Å². The molecule has 0 fully saturated rings. The van der Waals surface area contributed by atoms with Gasteiger partial charge in [-0.1, -0.05) is 12.1 Å². The molecule has 1 aromatic heterocycles. The number of nitrogens with one attached hydrogen (secondary N) is 3. The Bertz CT molecular complexity index is 1120. The first-order chi connectivity index (χ1) is 16.4. The molecule has 0 aliphatic carbocycles. The van der Waals surface area contributed by atoms with E-state index in [1.165, 1.54) is 13.3 Å². The van der Waals surface area contributed by atoms with Gasteiger partial charge in [0.2, 0.25) is 0 Å². The smallest absolute Gasteiger partial charge is 0.338 e. The first kappa shape index (κ1) is 24.2. The maximum absolute atomic E-state index is 12.5. The molecule has 11 heteroatoms. The molecule has 0 radical (unpaired) electrons. The molecule has 0 spiro atoms. The molecule has 3 rings (SSSR count). The lowest BCUT2D eigenvalue weighted by atomic mass is 9.95. The summed E-state index contributed by atoms with van der Waals surface area (Å²) in [6.45, 7) is 3.21. The fourth-order valence-electron chi connectivity index (χ4n) is 3.20. The molecule has 2 heterocycles. The van der Waals surface area contributed by atoms with Gasteiger partial charge in [-0.15, -0.1) is 0 Å². The zero-order chi connectivity index (χ0) is 24.5. The minimum atomic E-state index is -0.750. The molecule has 0 saturated heterocycles. The number of aromatic nitrogens is 1. The number of benzene rings is 1. The van der Waals surface area contributed by atoms with E-state index in [0.717, 1.165) is 0 Å². The molecule has 0 bridgehead atoms. The summed E-state index contributed by atoms with van der Waals surface area (Å²) in [6, 6.07) is 9.00. The number of hydrogen-bond acceptors (Lipinski definition) is 8. The number of hydrazone groups is 1. The second-order valence-electron chi connectivity index (χ2n) is 7.04. The summed E-state index contributed by atoms with van der Waals surface area (Å²) < 4.78 is 16.1. The van der Waals surface area contributed by atoms with Crippen LogP contribution < -0.4 is 25.5 Å². The number of carbonyl (C=O) groups excluding carboxylic acids is 3. The Morgan fingerprint density at radius 3 is 2.76 bits per heavy atom. The van der Waals surface area contributed by atoms with Crippen LogP contribution in [0.4, 0.5) is 4.79 Å². The molecular weight excluding hydrogens is 442 g/mol. The third-order valence-electron chi connectivity index (χ3n) is 4.72. The molecule has 0 unspecified atom stereocenters. The summed E-state index contributed by atoms with van der Waals surface area (Å²) in [5.41, 5.74) is 4.20. The van der Waals surface area contributed by atoms with Gasteiger partial charge in [-0.05, 0) is 43.7 Å². The number of allylic oxidation sites excluding steroid dienone is 1. The van der Waals surface area contributed by atoms with Gasteiger partial charge in [0.15, 0.2) is 18.1 Å². The van der Waals surface area contributed by atoms with E-state index >= 15 is 0 Å². The fourth-order valence-corrected chi connectivity index (χ4v) is 3.20. The van der Waals surface area contributed by atoms with Crippen molar-refractivity contribution in [3.05, 3.63) is 65.1 Å². The largest absolute Gasteiger partial charge is 0.493 e. The number of carbonyl (C=O) groups is 3. The standard InChI is InChI=1S/C23H25N5O6/c1-4-33-22(30)20-14(2)26-23(31)27-21(20)15-8-9-17(18(11-15)32-3)34-13-19(29)28-25-12-16-7-5-6-10-24-16/h5-12,21H,4,13H2,1-3H3,(H,28,29)(H2,26,27,31)/b25-12-/t21-/m1/s1. The van der Waals surface area contributed by atoms with Crippen LogP contribution in [0, 0.1) is 0 Å². The van der Waals surface area contributed by atoms with Crippen LogP contribution in [0.5, 0.6) is 11.5 Å². The number of rotatable bonds is 9. The van der Waals surface area contributed by atoms with E-state index in [2.05, 4.69) is 26.1 Å². The zero-order valence-corrected chi connectivity index (χ0v) is 19.0. The predicted octanol–water partition coefficient (Wildman–Crippen LogP) is 1.81. The average molecular weight is 467 g/mol. The van der Waals surface area contributed by atoms with Crippen molar-refractivity contribution in [1.82, 2.24) is 21.0 Å². The van der Waals surface area contributed by atoms with Gasteiger partial charge in [-0.25, -0.2) is 15.0 Å². The Kier molecular flexibility index (Phi) is 8.16. The number of amides is 3. The van der Waals surface area contributed by atoms with Crippen molar-refractivity contribution in [1.29, 1.82) is 0 Å². The number of hydrogen-bond donors (Lipinski definition) is 3. The van der Waals surface area contributed by atoms with Crippen molar-refractivity contribution >= 4 is 24.1 Å². The van der Waals surface area contributed by atoms with Crippen molar-refractivity contribution in [3.8, 4) is 11.5 Å². The number of urea groups is 1. The van der Waals surface area contributed by atoms with Crippen molar-refractivity contribution in [3.63, 3.8) is 0 Å². The van der Waals surface area contributed by atoms with E-state index in [1.54, 1.807) is 56.4 Å². The summed E-state index contributed by atoms with van der Waals surface area (Å²) in [6.07, 6.45) is 3.03. The van der Waals surface area contributed by atoms with E-state index in [4.69, 9.17) is 14.2 Å². The van der Waals surface area contributed by atoms with Gasteiger partial charge >= 0.3 is 12.0 Å². The quantitative estimate of drug-likeness (QED) is 0.290. The first-order valence-electron chi connectivity index (χ1n) is 10.4. The van der Waals surface area contributed by atoms with E-state index in [1.807, 2.05) is 0 Å². The van der Waals surface area contributed by atoms with Gasteiger partial charge in [0.25, 0.3) is 5.91 Å². The van der Waals surface area contributed by atoms with Gasteiger partial charge in [0.05, 0.1) is 37.2 Å². The summed E-state index contributed by atoms with van der Waals surface area (Å²) in [4.78, 5) is 40.6. The minimum Gasteiger partial charge on any atom is -0.493 e. The van der Waals surface area contributed by atoms with Gasteiger partial charge in [-0.2, -0.15) is 5.10 Å². The maximum Gasteiger partial charge on any atom is 0.338 e. The SMILES string of the molecule is CCOC(=O)C1=C(C)NC(=O)N[C@@H]1c1ccc(OCC(=O)N/N=C\c2ccccn2)c(OC)c1. The summed E-state index contributed by atoms with van der Waals surface area (Å²) in [5.74, 6) is -0.406. The number of pyridine rings is 1. The summed E-state index contributed by atoms with van der Waals surface area (Å²) in [5, 5.41) is 9.13. The third-order valence-corrected chi connectivity index (χ3v) is 4.72. The molecule has 34 heavy (non-hydrogen) atoms. The van der Waals surface area contributed by atoms with Gasteiger partial charge in [0.1, 0.15) is 0 Å². The lowest BCUT2D eigenvalue weighted by Crippen LogP contribution is -2.45. The topological polar surface area (TPSA) is 140 Å². The molecule has 1 aromatic carbocycles. The lowest BCUT2D eigenvalue weighted by molar-refractivity contribution is -0.139. The van der Waals surface area contributed by atoms with Crippen molar-refractivity contribution in [2.45, 2.75) is 19.9 Å². The number of ether oxygens (including phenoxy) is 3. The molecule has 1 atom stereocenters. The molecule has 3 N–H and O–H groups in total. The molecule has 1 aliphatic rings. The van der Waals surface area contributed by atoms with Crippen molar-refractivity contribution in [2.24, 2.45) is 5.10 Å². The number of methoxy groups -OCH3 is 1. The minimum absolute atomic E-state index is 0.195. The van der Waals surface area contributed by atoms with Crippen LogP contribution in [0.15, 0.2) is 59.0 Å². The molecule has 2 aromatic rings. The fraction of sp³-hybridized carbons (Fsp3) is 0.261. The Balaban J connectivity index is 1.70. The first-order valence-corrected chi connectivity index (χ1v) is 10.4. The molecule has 3 amide bonds. The van der Waals surface area contributed by atoms with Gasteiger partial charge < -0.3 is 24.8 Å². The molecule has 11 nitrogen and oxygen atoms in total. The van der Waals surface area contributed by atoms with Gasteiger partial charge in [-0.3, -0.25) is 9.78 Å². The van der Waals surface area contributed by atoms with Crippen LogP contribution in [0.3, 0.4) is 0 Å². The summed E-state index contributed by atoms with van der Waals surface area (Å²) in [7, 11) is 1.44. The predicted molar refractivity (Wildman–Crippen MR) is 122 cm³/mol. The van der Waals surface area contributed by atoms with Crippen LogP contribution in [0.2, 0.25) is 0 Å². The van der Waals surface area contributed by atoms with E-state index in [9.17, 15) is 14.4 Å². The van der Waals surface area contributed by atoms with Crippen LogP contribution in [0.1, 0.15) is 31.1 Å².